The van der Waals surface area contributed by atoms with E-state index in [-0.39, 0.29) is 6.42 Å². The Labute approximate surface area is 106 Å². The normalized spacial score (nSPS) is 10.6. The zero-order valence-corrected chi connectivity index (χ0v) is 10.5. The minimum Gasteiger partial charge on any atom is -0.468 e. The monoisotopic (exact) mass is 248 g/mol. The van der Waals surface area contributed by atoms with Crippen molar-refractivity contribution in [1.82, 2.24) is 0 Å². The van der Waals surface area contributed by atoms with Gasteiger partial charge in [0.2, 0.25) is 0 Å². The smallest absolute Gasteiger partial charge is 0.320 e. The second-order valence-electron chi connectivity index (χ2n) is 3.65. The van der Waals surface area contributed by atoms with Gasteiger partial charge in [0.15, 0.2) is 5.92 Å². The minimum absolute atomic E-state index is 0.258. The van der Waals surface area contributed by atoms with Gasteiger partial charge >= 0.3 is 11.9 Å². The lowest BCUT2D eigenvalue weighted by molar-refractivity contribution is -0.158. The van der Waals surface area contributed by atoms with Gasteiger partial charge in [-0.2, -0.15) is 0 Å². The number of benzene rings is 1. The average Bonchev–Trinajstić information content (AvgIpc) is 2.43. The summed E-state index contributed by atoms with van der Waals surface area (Å²) in [5, 5.41) is 0. The first-order chi connectivity index (χ1) is 8.69. The van der Waals surface area contributed by atoms with Crippen molar-refractivity contribution in [3.63, 3.8) is 0 Å². The SMILES string of the molecule is COC(=O)C(C/C=C/c1ccccc1)C(=O)OC. The van der Waals surface area contributed by atoms with Gasteiger partial charge in [-0.3, -0.25) is 9.59 Å². The van der Waals surface area contributed by atoms with Crippen LogP contribution in [-0.4, -0.2) is 26.2 Å². The van der Waals surface area contributed by atoms with Gasteiger partial charge in [-0.15, -0.1) is 0 Å². The highest BCUT2D eigenvalue weighted by atomic mass is 16.5. The van der Waals surface area contributed by atoms with Crippen molar-refractivity contribution < 1.29 is 19.1 Å². The number of hydrogen-bond acceptors (Lipinski definition) is 4. The molecule has 0 aromatic heterocycles. The second kappa shape index (κ2) is 7.27. The zero-order valence-electron chi connectivity index (χ0n) is 10.5. The molecule has 96 valence electrons. The Hall–Kier alpha value is -2.10. The molecule has 18 heavy (non-hydrogen) atoms. The maximum Gasteiger partial charge on any atom is 0.320 e. The van der Waals surface area contributed by atoms with E-state index in [1.807, 2.05) is 36.4 Å². The van der Waals surface area contributed by atoms with Gasteiger partial charge in [-0.05, 0) is 12.0 Å². The molecule has 0 heterocycles. The summed E-state index contributed by atoms with van der Waals surface area (Å²) < 4.78 is 9.13. The molecule has 0 saturated carbocycles. The van der Waals surface area contributed by atoms with E-state index in [1.165, 1.54) is 14.2 Å². The molecular formula is C14H16O4. The lowest BCUT2D eigenvalue weighted by Gasteiger charge is -2.09. The first-order valence-corrected chi connectivity index (χ1v) is 5.56. The maximum absolute atomic E-state index is 11.4. The van der Waals surface area contributed by atoms with E-state index in [9.17, 15) is 9.59 Å². The van der Waals surface area contributed by atoms with Gasteiger partial charge in [-0.1, -0.05) is 42.5 Å². The van der Waals surface area contributed by atoms with Crippen LogP contribution in [0, 0.1) is 5.92 Å². The van der Waals surface area contributed by atoms with E-state index in [0.717, 1.165) is 5.56 Å². The van der Waals surface area contributed by atoms with E-state index in [4.69, 9.17) is 0 Å². The molecule has 0 amide bonds. The van der Waals surface area contributed by atoms with Gasteiger partial charge in [-0.25, -0.2) is 0 Å². The summed E-state index contributed by atoms with van der Waals surface area (Å²) >= 11 is 0. The second-order valence-corrected chi connectivity index (χ2v) is 3.65. The van der Waals surface area contributed by atoms with Gasteiger partial charge in [0.1, 0.15) is 0 Å². The van der Waals surface area contributed by atoms with Crippen molar-refractivity contribution in [2.45, 2.75) is 6.42 Å². The highest BCUT2D eigenvalue weighted by Crippen LogP contribution is 2.11. The number of ether oxygens (including phenoxy) is 2. The van der Waals surface area contributed by atoms with Crippen LogP contribution < -0.4 is 0 Å². The van der Waals surface area contributed by atoms with Gasteiger partial charge in [0.05, 0.1) is 14.2 Å². The summed E-state index contributed by atoms with van der Waals surface area (Å²) in [6.45, 7) is 0. The third-order valence-corrected chi connectivity index (χ3v) is 2.45. The number of esters is 2. The Morgan fingerprint density at radius 2 is 1.67 bits per heavy atom. The van der Waals surface area contributed by atoms with Crippen LogP contribution in [0.4, 0.5) is 0 Å². The fourth-order valence-corrected chi connectivity index (χ4v) is 1.48. The molecule has 4 heteroatoms. The molecule has 0 aliphatic heterocycles. The lowest BCUT2D eigenvalue weighted by atomic mass is 10.0. The molecule has 0 saturated heterocycles. The molecule has 4 nitrogen and oxygen atoms in total. The van der Waals surface area contributed by atoms with Gasteiger partial charge in [0, 0.05) is 0 Å². The van der Waals surface area contributed by atoms with Crippen LogP contribution in [0.2, 0.25) is 0 Å². The van der Waals surface area contributed by atoms with E-state index in [1.54, 1.807) is 6.08 Å². The van der Waals surface area contributed by atoms with Crippen LogP contribution in [0.3, 0.4) is 0 Å². The fraction of sp³-hybridized carbons (Fsp3) is 0.286. The van der Waals surface area contributed by atoms with Gasteiger partial charge in [0.25, 0.3) is 0 Å². The Kier molecular flexibility index (Phi) is 5.64. The molecule has 0 atom stereocenters. The fourth-order valence-electron chi connectivity index (χ4n) is 1.48. The molecule has 0 radical (unpaired) electrons. The Balaban J connectivity index is 2.65. The van der Waals surface area contributed by atoms with Crippen LogP contribution in [0.1, 0.15) is 12.0 Å². The molecule has 1 rings (SSSR count). The zero-order chi connectivity index (χ0) is 13.4. The summed E-state index contributed by atoms with van der Waals surface area (Å²) in [6.07, 6.45) is 3.86. The Morgan fingerprint density at radius 3 is 2.17 bits per heavy atom. The van der Waals surface area contributed by atoms with Crippen molar-refractivity contribution >= 4 is 18.0 Å². The Morgan fingerprint density at radius 1 is 1.11 bits per heavy atom. The maximum atomic E-state index is 11.4. The number of methoxy groups -OCH3 is 2. The van der Waals surface area contributed by atoms with Crippen LogP contribution in [-0.2, 0) is 19.1 Å². The van der Waals surface area contributed by atoms with Crippen LogP contribution in [0.25, 0.3) is 6.08 Å². The standard InChI is InChI=1S/C14H16O4/c1-17-13(15)12(14(16)18-2)10-6-9-11-7-4-3-5-8-11/h3-9,12H,10H2,1-2H3/b9-6+. The summed E-state index contributed by atoms with van der Waals surface area (Å²) in [5.74, 6) is -2.07. The average molecular weight is 248 g/mol. The quantitative estimate of drug-likeness (QED) is 0.591. The van der Waals surface area contributed by atoms with Crippen molar-refractivity contribution in [2.24, 2.45) is 5.92 Å². The van der Waals surface area contributed by atoms with Crippen LogP contribution >= 0.6 is 0 Å². The number of carbonyl (C=O) groups is 2. The molecule has 0 aliphatic carbocycles. The van der Waals surface area contributed by atoms with Crippen molar-refractivity contribution in [3.8, 4) is 0 Å². The van der Waals surface area contributed by atoms with Crippen LogP contribution in [0.5, 0.6) is 0 Å². The highest BCUT2D eigenvalue weighted by Gasteiger charge is 2.26. The van der Waals surface area contributed by atoms with Crippen molar-refractivity contribution in [3.05, 3.63) is 42.0 Å². The summed E-state index contributed by atoms with van der Waals surface area (Å²) in [4.78, 5) is 22.8. The van der Waals surface area contributed by atoms with Gasteiger partial charge < -0.3 is 9.47 Å². The summed E-state index contributed by atoms with van der Waals surface area (Å²) in [7, 11) is 2.50. The van der Waals surface area contributed by atoms with Crippen molar-refractivity contribution in [2.75, 3.05) is 14.2 Å². The summed E-state index contributed by atoms with van der Waals surface area (Å²) in [6, 6.07) is 9.61. The van der Waals surface area contributed by atoms with E-state index < -0.39 is 17.9 Å². The number of rotatable bonds is 5. The molecule has 0 unspecified atom stereocenters. The minimum atomic E-state index is -0.903. The van der Waals surface area contributed by atoms with Crippen molar-refractivity contribution in [1.29, 1.82) is 0 Å². The molecule has 0 spiro atoms. The number of carbonyl (C=O) groups excluding carboxylic acids is 2. The van der Waals surface area contributed by atoms with Crippen LogP contribution in [0.15, 0.2) is 36.4 Å². The van der Waals surface area contributed by atoms with E-state index >= 15 is 0 Å². The van der Waals surface area contributed by atoms with E-state index in [2.05, 4.69) is 9.47 Å². The molecule has 0 bridgehead atoms. The topological polar surface area (TPSA) is 52.6 Å². The number of allylic oxidation sites excluding steroid dienone is 1. The first kappa shape index (κ1) is 14.0. The predicted octanol–water partition coefficient (Wildman–Crippen LogP) is 2.05. The number of hydrogen-bond donors (Lipinski definition) is 0. The molecule has 0 aliphatic rings. The van der Waals surface area contributed by atoms with E-state index in [0.29, 0.717) is 0 Å². The first-order valence-electron chi connectivity index (χ1n) is 5.56. The molecule has 1 aromatic carbocycles. The third-order valence-electron chi connectivity index (χ3n) is 2.45. The predicted molar refractivity (Wildman–Crippen MR) is 67.6 cm³/mol. The largest absolute Gasteiger partial charge is 0.468 e. The molecule has 0 fully saturated rings. The molecule has 1 aromatic rings. The molecule has 0 N–H and O–H groups in total. The third kappa shape index (κ3) is 4.05. The molecular weight excluding hydrogens is 232 g/mol. The Bertz CT molecular complexity index is 407. The highest BCUT2D eigenvalue weighted by molar-refractivity contribution is 5.95. The summed E-state index contributed by atoms with van der Waals surface area (Å²) in [5.41, 5.74) is 1.01. The lowest BCUT2D eigenvalue weighted by Crippen LogP contribution is -2.25.